The fourth-order valence-electron chi connectivity index (χ4n) is 2.54. The number of rotatable bonds is 9. The molecule has 0 bridgehead atoms. The number of nitrogens with one attached hydrogen (secondary N) is 1. The Balaban J connectivity index is 2.07. The summed E-state index contributed by atoms with van der Waals surface area (Å²) in [5, 5.41) is 12.6. The Morgan fingerprint density at radius 3 is 2.40 bits per heavy atom. The third-order valence-electron chi connectivity index (χ3n) is 4.14. The summed E-state index contributed by atoms with van der Waals surface area (Å²) in [6.45, 7) is 0. The lowest BCUT2D eigenvalue weighted by Crippen LogP contribution is -2.39. The van der Waals surface area contributed by atoms with Crippen LogP contribution in [0.4, 0.5) is 5.69 Å². The fourth-order valence-corrected chi connectivity index (χ4v) is 3.75. The highest BCUT2D eigenvalue weighted by Gasteiger charge is 2.30. The molecule has 4 N–H and O–H groups in total. The van der Waals surface area contributed by atoms with E-state index in [-0.39, 0.29) is 39.7 Å². The van der Waals surface area contributed by atoms with Crippen molar-refractivity contribution in [3.8, 4) is 12.3 Å². The van der Waals surface area contributed by atoms with E-state index < -0.39 is 27.9 Å². The van der Waals surface area contributed by atoms with E-state index in [0.29, 0.717) is 5.56 Å². The first-order chi connectivity index (χ1) is 14.2. The molecule has 2 amide bonds. The van der Waals surface area contributed by atoms with Gasteiger partial charge in [0.1, 0.15) is 12.3 Å². The number of para-hydroxylation sites is 1. The number of primary amides is 1. The number of hydrogen-bond acceptors (Lipinski definition) is 6. The molecule has 0 spiro atoms. The molecule has 1 atom stereocenters. The van der Waals surface area contributed by atoms with E-state index in [1.54, 1.807) is 12.1 Å². The van der Waals surface area contributed by atoms with Crippen molar-refractivity contribution in [2.45, 2.75) is 23.8 Å². The Labute approximate surface area is 173 Å². The first kappa shape index (κ1) is 22.8. The lowest BCUT2D eigenvalue weighted by molar-refractivity contribution is -0.122. The Kier molecular flexibility index (Phi) is 7.43. The highest BCUT2D eigenvalue weighted by Crippen LogP contribution is 2.19. The second kappa shape index (κ2) is 9.80. The van der Waals surface area contributed by atoms with Gasteiger partial charge in [0, 0.05) is 12.0 Å². The SMILES string of the molecule is C#Cc1ccc(S(=O)(=O)N(O)[C@@H](C=O)CCC(=O)Nc2ccccc2C(N)=O)cc1. The normalized spacial score (nSPS) is 12.0. The summed E-state index contributed by atoms with van der Waals surface area (Å²) in [5.41, 5.74) is 5.96. The van der Waals surface area contributed by atoms with Crippen molar-refractivity contribution >= 4 is 33.8 Å². The van der Waals surface area contributed by atoms with Crippen molar-refractivity contribution in [2.75, 3.05) is 5.32 Å². The zero-order valence-electron chi connectivity index (χ0n) is 15.7. The zero-order chi connectivity index (χ0) is 22.3. The first-order valence-electron chi connectivity index (χ1n) is 8.64. The van der Waals surface area contributed by atoms with Crippen molar-refractivity contribution in [1.29, 1.82) is 0 Å². The second-order valence-electron chi connectivity index (χ2n) is 6.15. The van der Waals surface area contributed by atoms with Crippen LogP contribution < -0.4 is 11.1 Å². The smallest absolute Gasteiger partial charge is 0.265 e. The molecular formula is C20H19N3O6S. The maximum absolute atomic E-state index is 12.5. The van der Waals surface area contributed by atoms with E-state index in [1.807, 2.05) is 0 Å². The molecule has 30 heavy (non-hydrogen) atoms. The van der Waals surface area contributed by atoms with Crippen LogP contribution in [0.3, 0.4) is 0 Å². The van der Waals surface area contributed by atoms with Crippen molar-refractivity contribution in [2.24, 2.45) is 5.73 Å². The largest absolute Gasteiger partial charge is 0.366 e. The van der Waals surface area contributed by atoms with Crippen molar-refractivity contribution in [1.82, 2.24) is 4.47 Å². The molecule has 10 heteroatoms. The number of carbonyl (C=O) groups is 3. The van der Waals surface area contributed by atoms with Crippen molar-refractivity contribution < 1.29 is 28.0 Å². The minimum atomic E-state index is -4.40. The average molecular weight is 429 g/mol. The van der Waals surface area contributed by atoms with Gasteiger partial charge >= 0.3 is 0 Å². The fraction of sp³-hybridized carbons (Fsp3) is 0.150. The van der Waals surface area contributed by atoms with Gasteiger partial charge in [0.15, 0.2) is 0 Å². The third kappa shape index (κ3) is 5.30. The summed E-state index contributed by atoms with van der Waals surface area (Å²) < 4.78 is 24.9. The van der Waals surface area contributed by atoms with Crippen LogP contribution >= 0.6 is 0 Å². The molecule has 156 valence electrons. The van der Waals surface area contributed by atoms with E-state index in [9.17, 15) is 28.0 Å². The van der Waals surface area contributed by atoms with E-state index in [0.717, 1.165) is 0 Å². The van der Waals surface area contributed by atoms with E-state index in [1.165, 1.54) is 36.4 Å². The lowest BCUT2D eigenvalue weighted by Gasteiger charge is -2.21. The van der Waals surface area contributed by atoms with Crippen molar-refractivity contribution in [3.05, 3.63) is 59.7 Å². The third-order valence-corrected chi connectivity index (χ3v) is 5.77. The molecule has 0 heterocycles. The van der Waals surface area contributed by atoms with Gasteiger partial charge in [0.2, 0.25) is 5.91 Å². The molecule has 0 aromatic heterocycles. The molecule has 0 radical (unpaired) electrons. The summed E-state index contributed by atoms with van der Waals surface area (Å²) in [4.78, 5) is 34.7. The van der Waals surface area contributed by atoms with Crippen LogP contribution in [0.2, 0.25) is 0 Å². The van der Waals surface area contributed by atoms with Crippen LogP contribution in [-0.4, -0.2) is 42.2 Å². The van der Waals surface area contributed by atoms with Crippen LogP contribution in [0.1, 0.15) is 28.8 Å². The van der Waals surface area contributed by atoms with Crippen LogP contribution in [-0.2, 0) is 19.6 Å². The monoisotopic (exact) mass is 429 g/mol. The van der Waals surface area contributed by atoms with Crippen LogP contribution in [0, 0.1) is 12.3 Å². The number of benzene rings is 2. The van der Waals surface area contributed by atoms with E-state index in [4.69, 9.17) is 12.2 Å². The molecule has 0 fully saturated rings. The number of anilines is 1. The zero-order valence-corrected chi connectivity index (χ0v) is 16.5. The number of amides is 2. The van der Waals surface area contributed by atoms with E-state index in [2.05, 4.69) is 11.2 Å². The molecule has 0 unspecified atom stereocenters. The molecule has 2 aromatic carbocycles. The van der Waals surface area contributed by atoms with E-state index >= 15 is 0 Å². The Morgan fingerprint density at radius 2 is 1.83 bits per heavy atom. The van der Waals surface area contributed by atoms with Gasteiger partial charge in [0.05, 0.1) is 16.1 Å². The quantitative estimate of drug-likeness (QED) is 0.309. The van der Waals surface area contributed by atoms with Crippen LogP contribution in [0.5, 0.6) is 0 Å². The Bertz CT molecular complexity index is 1090. The summed E-state index contributed by atoms with van der Waals surface area (Å²) >= 11 is 0. The highest BCUT2D eigenvalue weighted by atomic mass is 32.2. The van der Waals surface area contributed by atoms with Gasteiger partial charge in [-0.05, 0) is 42.8 Å². The van der Waals surface area contributed by atoms with Crippen LogP contribution in [0.25, 0.3) is 0 Å². The number of hydrogen-bond donors (Lipinski definition) is 3. The molecule has 9 nitrogen and oxygen atoms in total. The molecule has 2 aromatic rings. The maximum Gasteiger partial charge on any atom is 0.265 e. The number of sulfonamides is 1. The van der Waals surface area contributed by atoms with Gasteiger partial charge in [-0.2, -0.15) is 0 Å². The Hall–Kier alpha value is -3.52. The summed E-state index contributed by atoms with van der Waals surface area (Å²) in [6, 6.07) is 9.70. The van der Waals surface area contributed by atoms with Crippen LogP contribution in [0.15, 0.2) is 53.4 Å². The molecule has 0 aliphatic heterocycles. The maximum atomic E-state index is 12.5. The van der Waals surface area contributed by atoms with Gasteiger partial charge < -0.3 is 15.8 Å². The summed E-state index contributed by atoms with van der Waals surface area (Å²) in [5.74, 6) is 0.998. The van der Waals surface area contributed by atoms with Gasteiger partial charge in [-0.3, -0.25) is 14.8 Å². The number of nitrogens with two attached hydrogens (primary N) is 1. The number of aldehydes is 1. The first-order valence-corrected chi connectivity index (χ1v) is 10.1. The van der Waals surface area contributed by atoms with Gasteiger partial charge in [-0.1, -0.05) is 22.5 Å². The topological polar surface area (TPSA) is 147 Å². The minimum absolute atomic E-state index is 0.0878. The highest BCUT2D eigenvalue weighted by molar-refractivity contribution is 7.89. The number of terminal acetylenes is 1. The molecule has 0 saturated carbocycles. The molecule has 2 rings (SSSR count). The molecule has 0 saturated heterocycles. The number of carbonyl (C=O) groups excluding carboxylic acids is 3. The molecular weight excluding hydrogens is 410 g/mol. The van der Waals surface area contributed by atoms with Crippen molar-refractivity contribution in [3.63, 3.8) is 0 Å². The predicted octanol–water partition coefficient (Wildman–Crippen LogP) is 1.13. The van der Waals surface area contributed by atoms with Gasteiger partial charge in [0.25, 0.3) is 15.9 Å². The Morgan fingerprint density at radius 1 is 1.20 bits per heavy atom. The standard InChI is InChI=1S/C20H19N3O6S/c1-2-14-7-10-16(11-8-14)30(28,29)23(27)15(13-24)9-12-19(25)22-18-6-4-3-5-17(18)20(21)26/h1,3-8,10-11,13,15,27H,9,12H2,(H2,21,26)(H,22,25)/t15-/m1/s1. The second-order valence-corrected chi connectivity index (χ2v) is 7.94. The summed E-state index contributed by atoms with van der Waals surface area (Å²) in [6.07, 6.45) is 4.83. The summed E-state index contributed by atoms with van der Waals surface area (Å²) in [7, 11) is -4.40. The minimum Gasteiger partial charge on any atom is -0.366 e. The van der Waals surface area contributed by atoms with Gasteiger partial charge in [-0.25, -0.2) is 8.42 Å². The predicted molar refractivity (Wildman–Crippen MR) is 108 cm³/mol. The van der Waals surface area contributed by atoms with Gasteiger partial charge in [-0.15, -0.1) is 6.42 Å². The average Bonchev–Trinajstić information content (AvgIpc) is 2.74. The number of hydroxylamine groups is 1. The molecule has 0 aliphatic carbocycles. The number of nitrogens with zero attached hydrogens (tertiary/aromatic N) is 1. The molecule has 0 aliphatic rings. The lowest BCUT2D eigenvalue weighted by atomic mass is 10.1.